The molecule has 0 radical (unpaired) electrons. The summed E-state index contributed by atoms with van der Waals surface area (Å²) in [6.45, 7) is 1.73. The van der Waals surface area contributed by atoms with Crippen LogP contribution in [0.4, 0.5) is 10.5 Å². The van der Waals surface area contributed by atoms with Crippen molar-refractivity contribution in [1.82, 2.24) is 5.32 Å². The van der Waals surface area contributed by atoms with Gasteiger partial charge in [-0.2, -0.15) is 11.3 Å². The molecule has 1 aromatic carbocycles. The fraction of sp³-hybridized carbons (Fsp3) is 0.267. The number of carbonyl (C=O) groups excluding carboxylic acids is 1. The number of amides is 2. The average molecular weight is 341 g/mol. The van der Waals surface area contributed by atoms with Gasteiger partial charge in [-0.1, -0.05) is 17.7 Å². The van der Waals surface area contributed by atoms with Crippen LogP contribution in [0.3, 0.4) is 0 Å². The predicted octanol–water partition coefficient (Wildman–Crippen LogP) is 3.44. The summed E-state index contributed by atoms with van der Waals surface area (Å²) >= 11 is 7.48. The van der Waals surface area contributed by atoms with Crippen molar-refractivity contribution >= 4 is 34.7 Å². The lowest BCUT2D eigenvalue weighted by Crippen LogP contribution is -2.40. The molecule has 0 unspecified atom stereocenters. The molecule has 0 spiro atoms. The van der Waals surface area contributed by atoms with Crippen molar-refractivity contribution in [2.75, 3.05) is 19.0 Å². The van der Waals surface area contributed by atoms with Crippen molar-refractivity contribution in [2.45, 2.75) is 12.5 Å². The average Bonchev–Trinajstić information content (AvgIpc) is 3.01. The van der Waals surface area contributed by atoms with E-state index in [1.54, 1.807) is 25.1 Å². The lowest BCUT2D eigenvalue weighted by molar-refractivity contribution is 0.0604. The highest BCUT2D eigenvalue weighted by atomic mass is 35.5. The minimum atomic E-state index is -1.13. The van der Waals surface area contributed by atoms with Gasteiger partial charge in [0.1, 0.15) is 5.60 Å². The fourth-order valence-corrected chi connectivity index (χ4v) is 2.94. The third kappa shape index (κ3) is 3.91. The number of nitrogens with one attached hydrogen (secondary N) is 2. The van der Waals surface area contributed by atoms with E-state index in [1.807, 2.05) is 16.8 Å². The Balaban J connectivity index is 1.98. The quantitative estimate of drug-likeness (QED) is 0.780. The summed E-state index contributed by atoms with van der Waals surface area (Å²) in [7, 11) is 1.48. The SMILES string of the molecule is COc1c(Cl)cccc1NC(=O)NC[C@@](C)(O)c1ccsc1. The molecule has 1 heterocycles. The number of hydrogen-bond donors (Lipinski definition) is 3. The first kappa shape index (κ1) is 16.6. The van der Waals surface area contributed by atoms with Crippen LogP contribution in [-0.2, 0) is 5.60 Å². The van der Waals surface area contributed by atoms with Crippen LogP contribution >= 0.6 is 22.9 Å². The van der Waals surface area contributed by atoms with Crippen LogP contribution in [0.15, 0.2) is 35.0 Å². The van der Waals surface area contributed by atoms with Crippen LogP contribution in [0.2, 0.25) is 5.02 Å². The number of anilines is 1. The van der Waals surface area contributed by atoms with Gasteiger partial charge in [-0.15, -0.1) is 0 Å². The van der Waals surface area contributed by atoms with E-state index in [2.05, 4.69) is 10.6 Å². The molecule has 2 aromatic rings. The molecule has 1 aromatic heterocycles. The summed E-state index contributed by atoms with van der Waals surface area (Å²) in [6.07, 6.45) is 0. The summed E-state index contributed by atoms with van der Waals surface area (Å²) in [4.78, 5) is 12.0. The Kier molecular flexibility index (Phi) is 5.28. The van der Waals surface area contributed by atoms with Gasteiger partial charge in [0.2, 0.25) is 0 Å². The molecular weight excluding hydrogens is 324 g/mol. The number of aliphatic hydroxyl groups is 1. The first-order chi connectivity index (χ1) is 10.4. The number of urea groups is 1. The van der Waals surface area contributed by atoms with Crippen LogP contribution in [0.1, 0.15) is 12.5 Å². The first-order valence-electron chi connectivity index (χ1n) is 6.56. The second-order valence-electron chi connectivity index (χ2n) is 4.91. The van der Waals surface area contributed by atoms with Gasteiger partial charge in [0.25, 0.3) is 0 Å². The molecule has 0 aliphatic carbocycles. The van der Waals surface area contributed by atoms with Crippen molar-refractivity contribution in [3.8, 4) is 5.75 Å². The highest BCUT2D eigenvalue weighted by molar-refractivity contribution is 7.08. The lowest BCUT2D eigenvalue weighted by Gasteiger charge is -2.23. The van der Waals surface area contributed by atoms with Gasteiger partial charge in [-0.05, 0) is 41.4 Å². The summed E-state index contributed by atoms with van der Waals surface area (Å²) in [6, 6.07) is 6.44. The van der Waals surface area contributed by atoms with Crippen LogP contribution in [0, 0.1) is 0 Å². The Morgan fingerprint density at radius 2 is 2.23 bits per heavy atom. The maximum absolute atomic E-state index is 12.0. The highest BCUT2D eigenvalue weighted by Gasteiger charge is 2.24. The van der Waals surface area contributed by atoms with Crippen molar-refractivity contribution in [2.24, 2.45) is 0 Å². The maximum atomic E-state index is 12.0. The van der Waals surface area contributed by atoms with E-state index in [0.29, 0.717) is 16.5 Å². The normalized spacial score (nSPS) is 13.3. The molecule has 0 saturated heterocycles. The lowest BCUT2D eigenvalue weighted by atomic mass is 9.99. The molecule has 0 aliphatic heterocycles. The van der Waals surface area contributed by atoms with Crippen LogP contribution in [0.5, 0.6) is 5.75 Å². The number of carbonyl (C=O) groups is 1. The zero-order valence-electron chi connectivity index (χ0n) is 12.2. The Labute approximate surface area is 137 Å². The van der Waals surface area contributed by atoms with E-state index >= 15 is 0 Å². The molecule has 22 heavy (non-hydrogen) atoms. The molecule has 5 nitrogen and oxygen atoms in total. The molecule has 0 bridgehead atoms. The second-order valence-corrected chi connectivity index (χ2v) is 6.10. The predicted molar refractivity (Wildman–Crippen MR) is 88.9 cm³/mol. The number of halogens is 1. The Hall–Kier alpha value is -1.76. The van der Waals surface area contributed by atoms with Crippen LogP contribution < -0.4 is 15.4 Å². The second kappa shape index (κ2) is 7.00. The van der Waals surface area contributed by atoms with E-state index in [-0.39, 0.29) is 6.54 Å². The number of methoxy groups -OCH3 is 1. The number of benzene rings is 1. The van der Waals surface area contributed by atoms with Gasteiger partial charge in [-0.3, -0.25) is 0 Å². The van der Waals surface area contributed by atoms with Gasteiger partial charge in [0.15, 0.2) is 5.75 Å². The third-order valence-corrected chi connectivity index (χ3v) is 4.14. The summed E-state index contributed by atoms with van der Waals surface area (Å²) in [5.74, 6) is 0.393. The van der Waals surface area contributed by atoms with Gasteiger partial charge < -0.3 is 20.5 Å². The van der Waals surface area contributed by atoms with E-state index in [1.165, 1.54) is 18.4 Å². The first-order valence-corrected chi connectivity index (χ1v) is 7.88. The highest BCUT2D eigenvalue weighted by Crippen LogP contribution is 2.32. The van der Waals surface area contributed by atoms with E-state index in [4.69, 9.17) is 16.3 Å². The maximum Gasteiger partial charge on any atom is 0.319 e. The minimum Gasteiger partial charge on any atom is -0.493 e. The molecule has 7 heteroatoms. The third-order valence-electron chi connectivity index (χ3n) is 3.16. The molecule has 2 amide bonds. The Morgan fingerprint density at radius 3 is 2.86 bits per heavy atom. The number of thiophene rings is 1. The topological polar surface area (TPSA) is 70.6 Å². The molecule has 2 rings (SSSR count). The van der Waals surface area contributed by atoms with Crippen molar-refractivity contribution in [3.63, 3.8) is 0 Å². The summed E-state index contributed by atoms with van der Waals surface area (Å²) in [5, 5.41) is 19.8. The molecule has 0 aliphatic rings. The standard InChI is InChI=1S/C15H17ClN2O3S/c1-15(20,10-6-7-22-8-10)9-17-14(19)18-12-5-3-4-11(16)13(12)21-2/h3-8,20H,9H2,1-2H3,(H2,17,18,19)/t15-/m1/s1. The molecule has 118 valence electrons. The zero-order valence-corrected chi connectivity index (χ0v) is 13.8. The zero-order chi connectivity index (χ0) is 16.2. The van der Waals surface area contributed by atoms with E-state index < -0.39 is 11.6 Å². The van der Waals surface area contributed by atoms with Crippen LogP contribution in [-0.4, -0.2) is 24.8 Å². The number of hydrogen-bond acceptors (Lipinski definition) is 4. The molecule has 0 saturated carbocycles. The van der Waals surface area contributed by atoms with Gasteiger partial charge in [0, 0.05) is 0 Å². The minimum absolute atomic E-state index is 0.0818. The molecular formula is C15H17ClN2O3S. The van der Waals surface area contributed by atoms with Gasteiger partial charge in [-0.25, -0.2) is 4.79 Å². The van der Waals surface area contributed by atoms with E-state index in [0.717, 1.165) is 5.56 Å². The van der Waals surface area contributed by atoms with Crippen LogP contribution in [0.25, 0.3) is 0 Å². The fourth-order valence-electron chi connectivity index (χ4n) is 1.91. The Bertz CT molecular complexity index is 644. The molecule has 1 atom stereocenters. The Morgan fingerprint density at radius 1 is 1.45 bits per heavy atom. The van der Waals surface area contributed by atoms with Crippen molar-refractivity contribution in [1.29, 1.82) is 0 Å². The van der Waals surface area contributed by atoms with Crippen molar-refractivity contribution in [3.05, 3.63) is 45.6 Å². The summed E-state index contributed by atoms with van der Waals surface area (Å²) in [5.41, 5.74) is 0.0938. The van der Waals surface area contributed by atoms with Crippen molar-refractivity contribution < 1.29 is 14.6 Å². The van der Waals surface area contributed by atoms with Gasteiger partial charge in [0.05, 0.1) is 24.4 Å². The number of para-hydroxylation sites is 1. The molecule has 0 fully saturated rings. The van der Waals surface area contributed by atoms with Gasteiger partial charge >= 0.3 is 6.03 Å². The largest absolute Gasteiger partial charge is 0.493 e. The number of ether oxygens (including phenoxy) is 1. The smallest absolute Gasteiger partial charge is 0.319 e. The summed E-state index contributed by atoms with van der Waals surface area (Å²) < 4.78 is 5.16. The molecule has 3 N–H and O–H groups in total. The number of rotatable bonds is 5. The monoisotopic (exact) mass is 340 g/mol. The van der Waals surface area contributed by atoms with E-state index in [9.17, 15) is 9.90 Å².